The second-order valence-corrected chi connectivity index (χ2v) is 4.26. The van der Waals surface area contributed by atoms with Crippen LogP contribution >= 0.6 is 0 Å². The van der Waals surface area contributed by atoms with E-state index in [0.29, 0.717) is 0 Å². The third kappa shape index (κ3) is 5.19. The Morgan fingerprint density at radius 3 is 2.61 bits per heavy atom. The topological polar surface area (TPSA) is 89.9 Å². The summed E-state index contributed by atoms with van der Waals surface area (Å²) in [5, 5.41) is 0. The van der Waals surface area contributed by atoms with Crippen molar-refractivity contribution in [1.29, 1.82) is 0 Å². The van der Waals surface area contributed by atoms with Crippen LogP contribution in [0.5, 0.6) is 5.75 Å². The van der Waals surface area contributed by atoms with Crippen LogP contribution in [0.3, 0.4) is 0 Å². The van der Waals surface area contributed by atoms with Crippen molar-refractivity contribution in [3.8, 4) is 5.75 Å². The van der Waals surface area contributed by atoms with Crippen molar-refractivity contribution in [3.05, 3.63) is 36.9 Å². The van der Waals surface area contributed by atoms with E-state index in [0.717, 1.165) is 6.07 Å². The smallest absolute Gasteiger partial charge is 1.00 e. The molecule has 0 heterocycles. The maximum atomic E-state index is 11.1. The van der Waals surface area contributed by atoms with E-state index in [-0.39, 0.29) is 43.3 Å². The quantitative estimate of drug-likeness (QED) is 0.244. The van der Waals surface area contributed by atoms with E-state index in [4.69, 9.17) is 4.55 Å². The van der Waals surface area contributed by atoms with Gasteiger partial charge < -0.3 is 10.9 Å². The molecule has 0 fully saturated rings. The molecule has 0 aromatic heterocycles. The summed E-state index contributed by atoms with van der Waals surface area (Å²) in [4.78, 5) is 10.6. The molecule has 0 aliphatic rings. The minimum atomic E-state index is -4.45. The predicted octanol–water partition coefficient (Wildman–Crippen LogP) is -1.25. The fraction of sp³-hybridized carbons (Fsp3) is 0.100. The van der Waals surface area contributed by atoms with Gasteiger partial charge in [0, 0.05) is 0 Å². The Morgan fingerprint density at radius 2 is 2.06 bits per heavy atom. The molecule has 0 radical (unpaired) electrons. The number of carbonyl (C=O) groups is 1. The Morgan fingerprint density at radius 1 is 1.44 bits per heavy atom. The first-order chi connectivity index (χ1) is 7.95. The molecule has 0 spiro atoms. The summed E-state index contributed by atoms with van der Waals surface area (Å²) in [6.45, 7) is 3.27. The second-order valence-electron chi connectivity index (χ2n) is 2.87. The Bertz CT molecular complexity index is 531. The molecule has 1 aromatic rings. The number of hydrogen-bond acceptors (Lipinski definition) is 5. The summed E-state index contributed by atoms with van der Waals surface area (Å²) in [5.74, 6) is -0.302. The van der Waals surface area contributed by atoms with E-state index in [1.54, 1.807) is 0 Å². The first-order valence-electron chi connectivity index (χ1n) is 4.47. The Hall–Kier alpha value is -0.860. The van der Waals surface area contributed by atoms with Gasteiger partial charge in [-0.05, 0) is 12.1 Å². The minimum Gasteiger partial charge on any atom is -1.00 e. The molecule has 0 bridgehead atoms. The fourth-order valence-electron chi connectivity index (χ4n) is 0.994. The molecule has 18 heavy (non-hydrogen) atoms. The third-order valence-corrected chi connectivity index (χ3v) is 2.53. The molecule has 94 valence electrons. The predicted molar refractivity (Wildman–Crippen MR) is 59.5 cm³/mol. The van der Waals surface area contributed by atoms with Crippen molar-refractivity contribution >= 4 is 16.3 Å². The summed E-state index contributed by atoms with van der Waals surface area (Å²) < 4.78 is 39.9. The van der Waals surface area contributed by atoms with Gasteiger partial charge in [-0.15, -0.1) is 0 Å². The number of hydrogen-bond donors (Lipinski definition) is 1. The van der Waals surface area contributed by atoms with Crippen LogP contribution in [0.15, 0.2) is 41.8 Å². The van der Waals surface area contributed by atoms with E-state index in [1.165, 1.54) is 24.3 Å². The van der Waals surface area contributed by atoms with Crippen molar-refractivity contribution in [2.24, 2.45) is 0 Å². The standard InChI is InChI=1S/C10H10O6S.Na.H/c1-2-7-15-10(11)16-8-5-3-4-6-9(8)17(12,13)14;;/h2-6H,1,7H2,(H,12,13,14);;/q;+1;-1. The van der Waals surface area contributed by atoms with E-state index in [2.05, 4.69) is 16.1 Å². The summed E-state index contributed by atoms with van der Waals surface area (Å²) in [6.07, 6.45) is 0.247. The van der Waals surface area contributed by atoms with Crippen LogP contribution in [-0.2, 0) is 14.9 Å². The summed E-state index contributed by atoms with van der Waals surface area (Å²) in [5.41, 5.74) is 0. The van der Waals surface area contributed by atoms with Gasteiger partial charge in [0.05, 0.1) is 0 Å². The maximum absolute atomic E-state index is 11.1. The third-order valence-electron chi connectivity index (χ3n) is 1.64. The van der Waals surface area contributed by atoms with Gasteiger partial charge in [0.15, 0.2) is 5.75 Å². The van der Waals surface area contributed by atoms with Gasteiger partial charge in [-0.3, -0.25) is 4.55 Å². The zero-order valence-electron chi connectivity index (χ0n) is 10.7. The van der Waals surface area contributed by atoms with E-state index in [1.807, 2.05) is 0 Å². The van der Waals surface area contributed by atoms with Gasteiger partial charge in [0.1, 0.15) is 11.5 Å². The summed E-state index contributed by atoms with van der Waals surface area (Å²) in [6, 6.07) is 5.15. The van der Waals surface area contributed by atoms with Crippen molar-refractivity contribution in [2.75, 3.05) is 6.61 Å². The fourth-order valence-corrected chi connectivity index (χ4v) is 1.61. The average Bonchev–Trinajstić information content (AvgIpc) is 2.25. The number of para-hydroxylation sites is 1. The van der Waals surface area contributed by atoms with Crippen LogP contribution in [0.4, 0.5) is 4.79 Å². The molecular formula is C10H11NaO6S. The average molecular weight is 282 g/mol. The van der Waals surface area contributed by atoms with Crippen LogP contribution in [0.25, 0.3) is 0 Å². The summed E-state index contributed by atoms with van der Waals surface area (Å²) in [7, 11) is -4.45. The molecule has 0 atom stereocenters. The second kappa shape index (κ2) is 7.55. The molecular weight excluding hydrogens is 271 g/mol. The van der Waals surface area contributed by atoms with Gasteiger partial charge in [0.25, 0.3) is 10.1 Å². The van der Waals surface area contributed by atoms with Crippen LogP contribution in [0.2, 0.25) is 0 Å². The van der Waals surface area contributed by atoms with Gasteiger partial charge in [-0.1, -0.05) is 24.8 Å². The van der Waals surface area contributed by atoms with Gasteiger partial charge in [-0.2, -0.15) is 8.42 Å². The van der Waals surface area contributed by atoms with Gasteiger partial charge >= 0.3 is 35.7 Å². The molecule has 0 aliphatic heterocycles. The maximum Gasteiger partial charge on any atom is 1.00 e. The first-order valence-corrected chi connectivity index (χ1v) is 5.91. The molecule has 0 saturated carbocycles. The Labute approximate surface area is 128 Å². The molecule has 8 heteroatoms. The number of rotatable bonds is 4. The molecule has 0 amide bonds. The van der Waals surface area contributed by atoms with Crippen molar-refractivity contribution < 1.29 is 58.2 Å². The SMILES string of the molecule is C=CCOC(=O)Oc1ccccc1S(=O)(=O)O.[H-].[Na+]. The normalized spacial score (nSPS) is 10.1. The van der Waals surface area contributed by atoms with E-state index < -0.39 is 21.2 Å². The van der Waals surface area contributed by atoms with Crippen LogP contribution in [-0.4, -0.2) is 25.7 Å². The zero-order chi connectivity index (χ0) is 12.9. The zero-order valence-corrected chi connectivity index (χ0v) is 12.5. The van der Waals surface area contributed by atoms with Crippen molar-refractivity contribution in [1.82, 2.24) is 0 Å². The molecule has 1 rings (SSSR count). The van der Waals surface area contributed by atoms with Crippen LogP contribution in [0, 0.1) is 0 Å². The van der Waals surface area contributed by atoms with Crippen LogP contribution < -0.4 is 34.3 Å². The largest absolute Gasteiger partial charge is 1.00 e. The number of ether oxygens (including phenoxy) is 2. The van der Waals surface area contributed by atoms with E-state index in [9.17, 15) is 13.2 Å². The van der Waals surface area contributed by atoms with Crippen molar-refractivity contribution in [2.45, 2.75) is 4.90 Å². The molecule has 0 unspecified atom stereocenters. The number of benzene rings is 1. The van der Waals surface area contributed by atoms with Crippen molar-refractivity contribution in [3.63, 3.8) is 0 Å². The minimum absolute atomic E-state index is 0. The first kappa shape index (κ1) is 17.1. The number of carbonyl (C=O) groups excluding carboxylic acids is 1. The molecule has 1 aromatic carbocycles. The Kier molecular flexibility index (Phi) is 7.19. The van der Waals surface area contributed by atoms with Crippen LogP contribution in [0.1, 0.15) is 1.43 Å². The molecule has 6 nitrogen and oxygen atoms in total. The molecule has 0 saturated heterocycles. The monoisotopic (exact) mass is 282 g/mol. The van der Waals surface area contributed by atoms with E-state index >= 15 is 0 Å². The Balaban J connectivity index is 0. The summed E-state index contributed by atoms with van der Waals surface area (Å²) >= 11 is 0. The molecule has 0 aliphatic carbocycles. The molecule has 1 N–H and O–H groups in total. The van der Waals surface area contributed by atoms with Gasteiger partial charge in [0.2, 0.25) is 0 Å². The van der Waals surface area contributed by atoms with Gasteiger partial charge in [-0.25, -0.2) is 4.79 Å².